The van der Waals surface area contributed by atoms with Crippen LogP contribution in [-0.2, 0) is 6.54 Å². The normalized spacial score (nSPS) is 13.3. The SMILES string of the molecule is CCCn1nccc1C(N)CSCC(C)C. The summed E-state index contributed by atoms with van der Waals surface area (Å²) in [6, 6.07) is 2.15. The lowest BCUT2D eigenvalue weighted by molar-refractivity contribution is 0.554. The van der Waals surface area contributed by atoms with Crippen LogP contribution in [0.4, 0.5) is 0 Å². The summed E-state index contributed by atoms with van der Waals surface area (Å²) in [4.78, 5) is 0. The van der Waals surface area contributed by atoms with Gasteiger partial charge in [-0.05, 0) is 24.2 Å². The Morgan fingerprint density at radius 3 is 2.81 bits per heavy atom. The lowest BCUT2D eigenvalue weighted by Gasteiger charge is -2.14. The second-order valence-electron chi connectivity index (χ2n) is 4.52. The first-order valence-corrected chi connectivity index (χ1v) is 7.15. The summed E-state index contributed by atoms with van der Waals surface area (Å²) < 4.78 is 2.03. The number of thioether (sulfide) groups is 1. The molecule has 1 aromatic rings. The molecule has 4 heteroatoms. The van der Waals surface area contributed by atoms with Gasteiger partial charge in [0.1, 0.15) is 0 Å². The van der Waals surface area contributed by atoms with E-state index in [0.29, 0.717) is 0 Å². The number of nitrogens with two attached hydrogens (primary N) is 1. The third kappa shape index (κ3) is 4.18. The van der Waals surface area contributed by atoms with E-state index in [1.54, 1.807) is 0 Å². The van der Waals surface area contributed by atoms with Crippen LogP contribution in [0.2, 0.25) is 0 Å². The molecule has 2 N–H and O–H groups in total. The molecule has 1 heterocycles. The summed E-state index contributed by atoms with van der Waals surface area (Å²) >= 11 is 1.93. The van der Waals surface area contributed by atoms with Crippen LogP contribution in [0.3, 0.4) is 0 Å². The lowest BCUT2D eigenvalue weighted by atomic mass is 10.2. The minimum absolute atomic E-state index is 0.109. The third-order valence-corrected chi connectivity index (χ3v) is 3.81. The van der Waals surface area contributed by atoms with Gasteiger partial charge in [-0.15, -0.1) is 0 Å². The van der Waals surface area contributed by atoms with Gasteiger partial charge in [0.05, 0.1) is 11.7 Å². The summed E-state index contributed by atoms with van der Waals surface area (Å²) in [5.74, 6) is 2.89. The van der Waals surface area contributed by atoms with E-state index >= 15 is 0 Å². The molecule has 0 saturated heterocycles. The van der Waals surface area contributed by atoms with Crippen molar-refractivity contribution in [1.29, 1.82) is 0 Å². The Hall–Kier alpha value is -0.480. The van der Waals surface area contributed by atoms with Crippen LogP contribution >= 0.6 is 11.8 Å². The number of nitrogens with zero attached hydrogens (tertiary/aromatic N) is 2. The Labute approximate surface area is 103 Å². The van der Waals surface area contributed by atoms with Crippen molar-refractivity contribution < 1.29 is 0 Å². The average Bonchev–Trinajstić information content (AvgIpc) is 2.66. The predicted molar refractivity (Wildman–Crippen MR) is 71.6 cm³/mol. The second kappa shape index (κ2) is 6.97. The fourth-order valence-electron chi connectivity index (χ4n) is 1.57. The van der Waals surface area contributed by atoms with Gasteiger partial charge in [0.25, 0.3) is 0 Å². The van der Waals surface area contributed by atoms with E-state index in [1.165, 1.54) is 5.75 Å². The highest BCUT2D eigenvalue weighted by molar-refractivity contribution is 7.99. The maximum absolute atomic E-state index is 6.18. The van der Waals surface area contributed by atoms with Crippen molar-refractivity contribution >= 4 is 11.8 Å². The Kier molecular flexibility index (Phi) is 5.91. The second-order valence-corrected chi connectivity index (χ2v) is 5.59. The minimum Gasteiger partial charge on any atom is -0.322 e. The van der Waals surface area contributed by atoms with Crippen molar-refractivity contribution in [2.24, 2.45) is 11.7 Å². The van der Waals surface area contributed by atoms with E-state index < -0.39 is 0 Å². The smallest absolute Gasteiger partial charge is 0.0559 e. The summed E-state index contributed by atoms with van der Waals surface area (Å²) in [7, 11) is 0. The molecular formula is C12H23N3S. The number of hydrogen-bond donors (Lipinski definition) is 1. The summed E-state index contributed by atoms with van der Waals surface area (Å²) in [5, 5.41) is 4.30. The number of aromatic nitrogens is 2. The van der Waals surface area contributed by atoms with Crippen molar-refractivity contribution in [2.75, 3.05) is 11.5 Å². The van der Waals surface area contributed by atoms with Crippen LogP contribution in [0.25, 0.3) is 0 Å². The van der Waals surface area contributed by atoms with E-state index in [0.717, 1.165) is 30.3 Å². The third-order valence-electron chi connectivity index (χ3n) is 2.31. The average molecular weight is 241 g/mol. The predicted octanol–water partition coefficient (Wildman–Crippen LogP) is 2.68. The van der Waals surface area contributed by atoms with E-state index in [4.69, 9.17) is 5.73 Å². The van der Waals surface area contributed by atoms with Crippen molar-refractivity contribution in [3.05, 3.63) is 18.0 Å². The standard InChI is InChI=1S/C12H23N3S/c1-4-7-15-12(5-6-14-15)11(13)9-16-8-10(2)3/h5-6,10-11H,4,7-9,13H2,1-3H3. The zero-order valence-electron chi connectivity index (χ0n) is 10.5. The first kappa shape index (κ1) is 13.6. The van der Waals surface area contributed by atoms with Gasteiger partial charge in [-0.25, -0.2) is 0 Å². The Morgan fingerprint density at radius 2 is 2.19 bits per heavy atom. The summed E-state index contributed by atoms with van der Waals surface area (Å²) in [6.07, 6.45) is 2.94. The highest BCUT2D eigenvalue weighted by atomic mass is 32.2. The molecule has 0 aromatic carbocycles. The van der Waals surface area contributed by atoms with Gasteiger partial charge in [-0.1, -0.05) is 20.8 Å². The van der Waals surface area contributed by atoms with E-state index in [-0.39, 0.29) is 6.04 Å². The van der Waals surface area contributed by atoms with Crippen LogP contribution in [0.15, 0.2) is 12.3 Å². The first-order chi connectivity index (χ1) is 7.65. The lowest BCUT2D eigenvalue weighted by Crippen LogP contribution is -2.19. The van der Waals surface area contributed by atoms with Crippen LogP contribution in [0.1, 0.15) is 38.9 Å². The minimum atomic E-state index is 0.109. The summed E-state index contributed by atoms with van der Waals surface area (Å²) in [5.41, 5.74) is 7.34. The van der Waals surface area contributed by atoms with Gasteiger partial charge in [-0.2, -0.15) is 16.9 Å². The van der Waals surface area contributed by atoms with Crippen molar-refractivity contribution in [3.8, 4) is 0 Å². The Balaban J connectivity index is 2.45. The molecule has 1 atom stereocenters. The maximum atomic E-state index is 6.18. The van der Waals surface area contributed by atoms with Gasteiger partial charge >= 0.3 is 0 Å². The van der Waals surface area contributed by atoms with E-state index in [2.05, 4.69) is 25.9 Å². The van der Waals surface area contributed by atoms with Gasteiger partial charge in [0.2, 0.25) is 0 Å². The molecule has 3 nitrogen and oxygen atoms in total. The molecule has 1 unspecified atom stereocenters. The van der Waals surface area contributed by atoms with Gasteiger partial charge in [0.15, 0.2) is 0 Å². The molecule has 1 aromatic heterocycles. The van der Waals surface area contributed by atoms with Gasteiger partial charge in [0, 0.05) is 18.5 Å². The van der Waals surface area contributed by atoms with Crippen molar-refractivity contribution in [2.45, 2.75) is 39.8 Å². The Morgan fingerprint density at radius 1 is 1.44 bits per heavy atom. The van der Waals surface area contributed by atoms with Crippen molar-refractivity contribution in [1.82, 2.24) is 9.78 Å². The molecule has 0 radical (unpaired) electrons. The zero-order chi connectivity index (χ0) is 12.0. The van der Waals surface area contributed by atoms with Gasteiger partial charge in [-0.3, -0.25) is 4.68 Å². The molecule has 0 bridgehead atoms. The zero-order valence-corrected chi connectivity index (χ0v) is 11.3. The molecule has 0 spiro atoms. The molecule has 0 aliphatic carbocycles. The molecule has 0 fully saturated rings. The molecule has 0 saturated carbocycles. The molecule has 16 heavy (non-hydrogen) atoms. The van der Waals surface area contributed by atoms with E-state index in [1.807, 2.05) is 28.7 Å². The molecule has 0 aliphatic rings. The number of hydrogen-bond acceptors (Lipinski definition) is 3. The van der Waals surface area contributed by atoms with Crippen LogP contribution in [-0.4, -0.2) is 21.3 Å². The van der Waals surface area contributed by atoms with Crippen molar-refractivity contribution in [3.63, 3.8) is 0 Å². The van der Waals surface area contributed by atoms with E-state index in [9.17, 15) is 0 Å². The quantitative estimate of drug-likeness (QED) is 0.798. The molecule has 0 aliphatic heterocycles. The Bertz CT molecular complexity index is 296. The molecular weight excluding hydrogens is 218 g/mol. The molecule has 0 amide bonds. The highest BCUT2D eigenvalue weighted by Crippen LogP contribution is 2.17. The van der Waals surface area contributed by atoms with Crippen LogP contribution in [0.5, 0.6) is 0 Å². The largest absolute Gasteiger partial charge is 0.322 e. The fraction of sp³-hybridized carbons (Fsp3) is 0.750. The highest BCUT2D eigenvalue weighted by Gasteiger charge is 2.11. The maximum Gasteiger partial charge on any atom is 0.0559 e. The van der Waals surface area contributed by atoms with Gasteiger partial charge < -0.3 is 5.73 Å². The van der Waals surface area contributed by atoms with Crippen LogP contribution < -0.4 is 5.73 Å². The monoisotopic (exact) mass is 241 g/mol. The van der Waals surface area contributed by atoms with Crippen LogP contribution in [0, 0.1) is 5.92 Å². The molecule has 1 rings (SSSR count). The molecule has 92 valence electrons. The summed E-state index contributed by atoms with van der Waals surface area (Å²) in [6.45, 7) is 7.59. The number of aryl methyl sites for hydroxylation is 1. The topological polar surface area (TPSA) is 43.8 Å². The first-order valence-electron chi connectivity index (χ1n) is 6.00. The number of rotatable bonds is 7. The fourth-order valence-corrected chi connectivity index (χ4v) is 2.60.